The number of carbonyl (C=O) groups is 1. The topological polar surface area (TPSA) is 100 Å². The van der Waals surface area contributed by atoms with Gasteiger partial charge in [-0.2, -0.15) is 0 Å². The average Bonchev–Trinajstić information content (AvgIpc) is 3.18. The summed E-state index contributed by atoms with van der Waals surface area (Å²) in [5.41, 5.74) is 2.14. The van der Waals surface area contributed by atoms with Crippen LogP contribution in [0, 0.1) is 13.7 Å². The van der Waals surface area contributed by atoms with Crippen LogP contribution < -0.4 is 9.47 Å². The molecule has 172 valence electrons. The van der Waals surface area contributed by atoms with Crippen LogP contribution in [-0.2, 0) is 16.1 Å². The zero-order chi connectivity index (χ0) is 24.2. The number of benzene rings is 3. The first-order valence-electron chi connectivity index (χ1n) is 9.86. The highest BCUT2D eigenvalue weighted by molar-refractivity contribution is 14.1. The van der Waals surface area contributed by atoms with Crippen LogP contribution in [-0.4, -0.2) is 23.9 Å². The van der Waals surface area contributed by atoms with E-state index in [9.17, 15) is 14.9 Å². The number of hydrogen-bond donors (Lipinski definition) is 0. The Labute approximate surface area is 216 Å². The van der Waals surface area contributed by atoms with Crippen molar-refractivity contribution in [2.75, 3.05) is 7.11 Å². The summed E-state index contributed by atoms with van der Waals surface area (Å²) >= 11 is 5.67. The number of ether oxygens (including phenoxy) is 3. The summed E-state index contributed by atoms with van der Waals surface area (Å²) in [6.07, 6.45) is 1.60. The number of halogens is 2. The van der Waals surface area contributed by atoms with Crippen molar-refractivity contribution in [1.29, 1.82) is 0 Å². The molecule has 0 atom stereocenters. The van der Waals surface area contributed by atoms with Gasteiger partial charge in [-0.1, -0.05) is 12.1 Å². The molecule has 0 spiro atoms. The number of nitro groups is 1. The number of carbonyl (C=O) groups excluding carboxylic acids is 1. The highest BCUT2D eigenvalue weighted by Crippen LogP contribution is 2.38. The summed E-state index contributed by atoms with van der Waals surface area (Å²) < 4.78 is 18.3. The van der Waals surface area contributed by atoms with E-state index in [1.165, 1.54) is 19.2 Å². The molecule has 0 fully saturated rings. The van der Waals surface area contributed by atoms with Crippen molar-refractivity contribution < 1.29 is 23.9 Å². The summed E-state index contributed by atoms with van der Waals surface area (Å²) in [7, 11) is 1.50. The van der Waals surface area contributed by atoms with Gasteiger partial charge in [-0.3, -0.25) is 10.1 Å². The van der Waals surface area contributed by atoms with Gasteiger partial charge in [-0.15, -0.1) is 0 Å². The van der Waals surface area contributed by atoms with E-state index in [0.29, 0.717) is 32.7 Å². The van der Waals surface area contributed by atoms with E-state index in [4.69, 9.17) is 14.2 Å². The maximum Gasteiger partial charge on any atom is 0.363 e. The highest BCUT2D eigenvalue weighted by Gasteiger charge is 2.24. The van der Waals surface area contributed by atoms with Crippen LogP contribution in [0.3, 0.4) is 0 Å². The Morgan fingerprint density at radius 1 is 1.18 bits per heavy atom. The van der Waals surface area contributed by atoms with Crippen molar-refractivity contribution in [3.05, 3.63) is 101 Å². The molecule has 3 aromatic carbocycles. The van der Waals surface area contributed by atoms with Gasteiger partial charge < -0.3 is 14.2 Å². The third-order valence-corrected chi connectivity index (χ3v) is 6.08. The molecule has 4 rings (SSSR count). The first kappa shape index (κ1) is 23.9. The minimum atomic E-state index is -0.547. The van der Waals surface area contributed by atoms with Gasteiger partial charge in [0, 0.05) is 21.3 Å². The summed E-state index contributed by atoms with van der Waals surface area (Å²) in [5, 5.41) is 11.0. The Morgan fingerprint density at radius 3 is 2.65 bits per heavy atom. The van der Waals surface area contributed by atoms with Crippen LogP contribution in [0.15, 0.2) is 75.8 Å². The highest BCUT2D eigenvalue weighted by atomic mass is 127. The molecule has 34 heavy (non-hydrogen) atoms. The second kappa shape index (κ2) is 10.3. The number of esters is 1. The van der Waals surface area contributed by atoms with E-state index >= 15 is 0 Å². The SMILES string of the molecule is COc1cc(/C=C2\N=C(c3ccc(I)cc3)OC2=O)cc(Br)c1OCc1cccc([N+](=O)[O-])c1. The molecule has 0 aliphatic carbocycles. The van der Waals surface area contributed by atoms with Gasteiger partial charge in [0.15, 0.2) is 17.2 Å². The molecule has 1 heterocycles. The monoisotopic (exact) mass is 634 g/mol. The maximum atomic E-state index is 12.3. The number of cyclic esters (lactones) is 1. The van der Waals surface area contributed by atoms with Gasteiger partial charge in [-0.05, 0) is 92.1 Å². The van der Waals surface area contributed by atoms with Crippen molar-refractivity contribution in [2.45, 2.75) is 6.61 Å². The van der Waals surface area contributed by atoms with E-state index in [0.717, 1.165) is 3.57 Å². The Kier molecular flexibility index (Phi) is 7.27. The zero-order valence-electron chi connectivity index (χ0n) is 17.7. The molecule has 1 aliphatic heterocycles. The molecule has 8 nitrogen and oxygen atoms in total. The third-order valence-electron chi connectivity index (χ3n) is 4.77. The van der Waals surface area contributed by atoms with E-state index in [-0.39, 0.29) is 23.9 Å². The van der Waals surface area contributed by atoms with Crippen molar-refractivity contribution in [3.63, 3.8) is 0 Å². The van der Waals surface area contributed by atoms with Gasteiger partial charge in [0.1, 0.15) is 6.61 Å². The van der Waals surface area contributed by atoms with Crippen LogP contribution in [0.5, 0.6) is 11.5 Å². The number of methoxy groups -OCH3 is 1. The van der Waals surface area contributed by atoms with Gasteiger partial charge in [0.05, 0.1) is 16.5 Å². The summed E-state index contributed by atoms with van der Waals surface area (Å²) in [5.74, 6) is 0.540. The van der Waals surface area contributed by atoms with Gasteiger partial charge in [0.2, 0.25) is 5.90 Å². The predicted octanol–water partition coefficient (Wildman–Crippen LogP) is 5.89. The van der Waals surface area contributed by atoms with E-state index < -0.39 is 10.9 Å². The van der Waals surface area contributed by atoms with Crippen LogP contribution in [0.2, 0.25) is 0 Å². The number of non-ortho nitro benzene ring substituents is 1. The molecule has 0 bridgehead atoms. The third kappa shape index (κ3) is 5.45. The Hall–Kier alpha value is -3.25. The quantitative estimate of drug-likeness (QED) is 0.106. The second-order valence-electron chi connectivity index (χ2n) is 7.09. The number of rotatable bonds is 7. The number of aliphatic imine (C=N–C) groups is 1. The smallest absolute Gasteiger partial charge is 0.363 e. The molecule has 0 unspecified atom stereocenters. The average molecular weight is 635 g/mol. The van der Waals surface area contributed by atoms with E-state index in [1.54, 1.807) is 30.3 Å². The first-order valence-corrected chi connectivity index (χ1v) is 11.7. The lowest BCUT2D eigenvalue weighted by molar-refractivity contribution is -0.384. The van der Waals surface area contributed by atoms with Crippen LogP contribution in [0.4, 0.5) is 5.69 Å². The molecule has 0 saturated heterocycles. The van der Waals surface area contributed by atoms with Crippen LogP contribution >= 0.6 is 38.5 Å². The standard InChI is InChI=1S/C24H16BrIN2O6/c1-32-21-12-15(11-20-24(29)34-23(27-20)16-5-7-17(26)8-6-16)10-19(25)22(21)33-13-14-3-2-4-18(9-14)28(30)31/h2-12H,13H2,1H3/b20-11-. The first-order chi connectivity index (χ1) is 16.3. The molecular weight excluding hydrogens is 619 g/mol. The lowest BCUT2D eigenvalue weighted by Gasteiger charge is -2.13. The lowest BCUT2D eigenvalue weighted by Crippen LogP contribution is -2.05. The largest absolute Gasteiger partial charge is 0.493 e. The van der Waals surface area contributed by atoms with Crippen molar-refractivity contribution >= 4 is 62.2 Å². The van der Waals surface area contributed by atoms with Crippen molar-refractivity contribution in [1.82, 2.24) is 0 Å². The predicted molar refractivity (Wildman–Crippen MR) is 138 cm³/mol. The minimum absolute atomic E-state index is 0.0114. The summed E-state index contributed by atoms with van der Waals surface area (Å²) in [6, 6.07) is 17.1. The van der Waals surface area contributed by atoms with Crippen molar-refractivity contribution in [3.8, 4) is 11.5 Å². The number of nitro benzene ring substituents is 1. The fourth-order valence-electron chi connectivity index (χ4n) is 3.16. The van der Waals surface area contributed by atoms with E-state index in [1.807, 2.05) is 24.3 Å². The van der Waals surface area contributed by atoms with Gasteiger partial charge in [0.25, 0.3) is 5.69 Å². The second-order valence-corrected chi connectivity index (χ2v) is 9.19. The minimum Gasteiger partial charge on any atom is -0.493 e. The Morgan fingerprint density at radius 2 is 1.94 bits per heavy atom. The Bertz CT molecular complexity index is 1340. The maximum absolute atomic E-state index is 12.3. The molecule has 0 aromatic heterocycles. The number of hydrogen-bond acceptors (Lipinski definition) is 7. The molecule has 0 radical (unpaired) electrons. The fraction of sp³-hybridized carbons (Fsp3) is 0.0833. The summed E-state index contributed by atoms with van der Waals surface area (Å²) in [4.78, 5) is 27.2. The number of nitrogens with zero attached hydrogens (tertiary/aromatic N) is 2. The zero-order valence-corrected chi connectivity index (χ0v) is 21.4. The molecule has 0 saturated carbocycles. The van der Waals surface area contributed by atoms with Crippen LogP contribution in [0.25, 0.3) is 6.08 Å². The molecular formula is C24H16BrIN2O6. The lowest BCUT2D eigenvalue weighted by atomic mass is 10.1. The molecule has 10 heteroatoms. The van der Waals surface area contributed by atoms with Gasteiger partial charge in [-0.25, -0.2) is 9.79 Å². The van der Waals surface area contributed by atoms with Crippen molar-refractivity contribution in [2.24, 2.45) is 4.99 Å². The molecule has 3 aromatic rings. The summed E-state index contributed by atoms with van der Waals surface area (Å²) in [6.45, 7) is 0.104. The molecule has 1 aliphatic rings. The van der Waals surface area contributed by atoms with E-state index in [2.05, 4.69) is 43.5 Å². The Balaban J connectivity index is 1.57. The molecule has 0 amide bonds. The van der Waals surface area contributed by atoms with Gasteiger partial charge >= 0.3 is 5.97 Å². The molecule has 0 N–H and O–H groups in total. The normalized spacial score (nSPS) is 14.0. The fourth-order valence-corrected chi connectivity index (χ4v) is 4.10. The van der Waals surface area contributed by atoms with Crippen LogP contribution in [0.1, 0.15) is 16.7 Å².